The highest BCUT2D eigenvalue weighted by Gasteiger charge is 2.37. The predicted octanol–water partition coefficient (Wildman–Crippen LogP) is 3.44. The zero-order chi connectivity index (χ0) is 19.8. The van der Waals surface area contributed by atoms with E-state index in [9.17, 15) is 19.5 Å². The van der Waals surface area contributed by atoms with Crippen LogP contribution in [0.25, 0.3) is 10.4 Å². The van der Waals surface area contributed by atoms with Crippen molar-refractivity contribution in [3.05, 3.63) is 41.0 Å². The molecule has 0 unspecified atom stereocenters. The standard InChI is InChI=1S/C21H22N2O4S/c22-18(24)16-15-10-9-11-5-1-2-6-12(11)17(15)28-20(16)23-19(25)13-7-3-4-8-14(13)21(26)27/h1-2,5-6,13-14H,3-4,7-10H2,(H2,22,24)(H,23,25)(H,26,27)/t13-,14-/m1/s1. The second-order valence-corrected chi connectivity index (χ2v) is 8.48. The van der Waals surface area contributed by atoms with Gasteiger partial charge in [-0.15, -0.1) is 11.3 Å². The molecule has 4 rings (SSSR count). The molecule has 28 heavy (non-hydrogen) atoms. The molecule has 1 aromatic heterocycles. The fraction of sp³-hybridized carbons (Fsp3) is 0.381. The van der Waals surface area contributed by atoms with Gasteiger partial charge in [0.05, 0.1) is 17.4 Å². The van der Waals surface area contributed by atoms with Crippen molar-refractivity contribution in [1.29, 1.82) is 0 Å². The summed E-state index contributed by atoms with van der Waals surface area (Å²) in [4.78, 5) is 37.6. The molecule has 0 radical (unpaired) electrons. The molecule has 1 aromatic carbocycles. The highest BCUT2D eigenvalue weighted by atomic mass is 32.1. The van der Waals surface area contributed by atoms with E-state index >= 15 is 0 Å². The van der Waals surface area contributed by atoms with Gasteiger partial charge in [-0.3, -0.25) is 14.4 Å². The maximum Gasteiger partial charge on any atom is 0.307 e. The number of primary amides is 1. The molecule has 2 atom stereocenters. The van der Waals surface area contributed by atoms with Crippen LogP contribution in [-0.4, -0.2) is 22.9 Å². The van der Waals surface area contributed by atoms with Crippen LogP contribution in [0.1, 0.15) is 47.2 Å². The van der Waals surface area contributed by atoms with Crippen LogP contribution in [0.3, 0.4) is 0 Å². The fourth-order valence-corrected chi connectivity index (χ4v) is 5.75. The van der Waals surface area contributed by atoms with Gasteiger partial charge >= 0.3 is 5.97 Å². The molecule has 7 heteroatoms. The quantitative estimate of drug-likeness (QED) is 0.733. The first-order valence-electron chi connectivity index (χ1n) is 9.54. The molecule has 146 valence electrons. The van der Waals surface area contributed by atoms with Crippen molar-refractivity contribution < 1.29 is 19.5 Å². The molecule has 0 bridgehead atoms. The van der Waals surface area contributed by atoms with Crippen LogP contribution in [0.15, 0.2) is 24.3 Å². The van der Waals surface area contributed by atoms with Crippen molar-refractivity contribution in [3.63, 3.8) is 0 Å². The third kappa shape index (κ3) is 3.20. The van der Waals surface area contributed by atoms with Crippen LogP contribution >= 0.6 is 11.3 Å². The SMILES string of the molecule is NC(=O)c1c(NC(=O)[C@@H]2CCCC[C@H]2C(=O)O)sc2c1CCc1ccccc1-2. The summed E-state index contributed by atoms with van der Waals surface area (Å²) in [5, 5.41) is 12.7. The van der Waals surface area contributed by atoms with Gasteiger partial charge in [-0.2, -0.15) is 0 Å². The molecule has 1 saturated carbocycles. The Balaban J connectivity index is 1.69. The first kappa shape index (κ1) is 18.7. The third-order valence-corrected chi connectivity index (χ3v) is 7.00. The van der Waals surface area contributed by atoms with Gasteiger partial charge in [0.25, 0.3) is 5.91 Å². The summed E-state index contributed by atoms with van der Waals surface area (Å²) in [6.07, 6.45) is 4.21. The van der Waals surface area contributed by atoms with E-state index in [-0.39, 0.29) is 5.91 Å². The molecule has 2 aliphatic carbocycles. The Morgan fingerprint density at radius 3 is 2.50 bits per heavy atom. The number of amides is 2. The number of fused-ring (bicyclic) bond motifs is 3. The van der Waals surface area contributed by atoms with Gasteiger partial charge in [-0.05, 0) is 42.4 Å². The average Bonchev–Trinajstić information content (AvgIpc) is 3.06. The van der Waals surface area contributed by atoms with Crippen LogP contribution < -0.4 is 11.1 Å². The van der Waals surface area contributed by atoms with Crippen LogP contribution in [0.2, 0.25) is 0 Å². The minimum atomic E-state index is -0.936. The number of aliphatic carboxylic acids is 1. The number of aryl methyl sites for hydroxylation is 1. The number of nitrogens with one attached hydrogen (secondary N) is 1. The van der Waals surface area contributed by atoms with Crippen molar-refractivity contribution in [2.24, 2.45) is 17.6 Å². The molecule has 0 spiro atoms. The maximum atomic E-state index is 12.9. The lowest BCUT2D eigenvalue weighted by atomic mass is 9.78. The largest absolute Gasteiger partial charge is 0.481 e. The summed E-state index contributed by atoms with van der Waals surface area (Å²) < 4.78 is 0. The summed E-state index contributed by atoms with van der Waals surface area (Å²) in [6, 6.07) is 8.03. The van der Waals surface area contributed by atoms with Crippen molar-refractivity contribution in [3.8, 4) is 10.4 Å². The van der Waals surface area contributed by atoms with Crippen molar-refractivity contribution in [2.75, 3.05) is 5.32 Å². The van der Waals surface area contributed by atoms with Gasteiger partial charge < -0.3 is 16.2 Å². The van der Waals surface area contributed by atoms with Gasteiger partial charge in [-0.1, -0.05) is 37.1 Å². The monoisotopic (exact) mass is 398 g/mol. The topological polar surface area (TPSA) is 109 Å². The Labute approximate surface area is 166 Å². The van der Waals surface area contributed by atoms with Crippen molar-refractivity contribution in [2.45, 2.75) is 38.5 Å². The third-order valence-electron chi connectivity index (χ3n) is 5.82. The molecule has 6 nitrogen and oxygen atoms in total. The van der Waals surface area contributed by atoms with E-state index in [1.807, 2.05) is 18.2 Å². The lowest BCUT2D eigenvalue weighted by Gasteiger charge is -2.27. The van der Waals surface area contributed by atoms with Crippen LogP contribution in [0, 0.1) is 11.8 Å². The van der Waals surface area contributed by atoms with Crippen molar-refractivity contribution >= 4 is 34.1 Å². The molecule has 0 saturated heterocycles. The molecule has 2 aromatic rings. The molecule has 1 heterocycles. The number of benzene rings is 1. The predicted molar refractivity (Wildman–Crippen MR) is 107 cm³/mol. The Morgan fingerprint density at radius 1 is 1.07 bits per heavy atom. The van der Waals surface area contributed by atoms with Crippen LogP contribution in [0.4, 0.5) is 5.00 Å². The van der Waals surface area contributed by atoms with Gasteiger partial charge in [-0.25, -0.2) is 0 Å². The number of thiophene rings is 1. The van der Waals surface area contributed by atoms with Crippen molar-refractivity contribution in [1.82, 2.24) is 0 Å². The average molecular weight is 398 g/mol. The second kappa shape index (κ2) is 7.39. The van der Waals surface area contributed by atoms with E-state index in [1.54, 1.807) is 0 Å². The summed E-state index contributed by atoms with van der Waals surface area (Å²) in [7, 11) is 0. The van der Waals surface area contributed by atoms with Crippen LogP contribution in [0.5, 0.6) is 0 Å². The Hall–Kier alpha value is -2.67. The fourth-order valence-electron chi connectivity index (χ4n) is 4.43. The Kier molecular flexibility index (Phi) is 4.93. The lowest BCUT2D eigenvalue weighted by molar-refractivity contribution is -0.147. The molecular formula is C21H22N2O4S. The second-order valence-electron chi connectivity index (χ2n) is 7.46. The normalized spacial score (nSPS) is 20.7. The van der Waals surface area contributed by atoms with E-state index in [0.717, 1.165) is 35.3 Å². The first-order valence-corrected chi connectivity index (χ1v) is 10.4. The number of carbonyl (C=O) groups is 3. The number of nitrogens with two attached hydrogens (primary N) is 1. The van der Waals surface area contributed by atoms with Gasteiger partial charge in [0.1, 0.15) is 5.00 Å². The highest BCUT2D eigenvalue weighted by Crippen LogP contribution is 2.45. The first-order chi connectivity index (χ1) is 13.5. The summed E-state index contributed by atoms with van der Waals surface area (Å²) in [5.41, 5.74) is 9.18. The number of carbonyl (C=O) groups excluding carboxylic acids is 2. The number of hydrogen-bond acceptors (Lipinski definition) is 4. The highest BCUT2D eigenvalue weighted by molar-refractivity contribution is 7.20. The minimum absolute atomic E-state index is 0.332. The van der Waals surface area contributed by atoms with E-state index in [4.69, 9.17) is 5.73 Å². The minimum Gasteiger partial charge on any atom is -0.481 e. The zero-order valence-electron chi connectivity index (χ0n) is 15.4. The van der Waals surface area contributed by atoms with Gasteiger partial charge in [0.15, 0.2) is 0 Å². The van der Waals surface area contributed by atoms with E-state index < -0.39 is 23.7 Å². The molecular weight excluding hydrogens is 376 g/mol. The van der Waals surface area contributed by atoms with Crippen LogP contribution in [-0.2, 0) is 22.4 Å². The summed E-state index contributed by atoms with van der Waals surface area (Å²) in [6.45, 7) is 0. The number of anilines is 1. The van der Waals surface area contributed by atoms with Gasteiger partial charge in [0, 0.05) is 4.88 Å². The molecule has 2 aliphatic rings. The van der Waals surface area contributed by atoms with E-state index in [0.29, 0.717) is 29.8 Å². The summed E-state index contributed by atoms with van der Waals surface area (Å²) >= 11 is 1.35. The molecule has 1 fully saturated rings. The summed E-state index contributed by atoms with van der Waals surface area (Å²) in [5.74, 6) is -3.10. The Bertz CT molecular complexity index is 965. The Morgan fingerprint density at radius 2 is 1.79 bits per heavy atom. The number of carboxylic acids is 1. The maximum absolute atomic E-state index is 12.9. The number of hydrogen-bond donors (Lipinski definition) is 3. The number of carboxylic acid groups (broad SMARTS) is 1. The van der Waals surface area contributed by atoms with Gasteiger partial charge in [0.2, 0.25) is 5.91 Å². The van der Waals surface area contributed by atoms with E-state index in [1.165, 1.54) is 16.9 Å². The molecule has 2 amide bonds. The zero-order valence-corrected chi connectivity index (χ0v) is 16.2. The van der Waals surface area contributed by atoms with E-state index in [2.05, 4.69) is 11.4 Å². The smallest absolute Gasteiger partial charge is 0.307 e. The number of rotatable bonds is 4. The molecule has 0 aliphatic heterocycles. The molecule has 4 N–H and O–H groups in total. The lowest BCUT2D eigenvalue weighted by Crippen LogP contribution is -2.36.